The predicted octanol–water partition coefficient (Wildman–Crippen LogP) is 3.23. The molecule has 172 valence electrons. The molecule has 2 aliphatic rings. The monoisotopic (exact) mass is 438 g/mol. The van der Waals surface area contributed by atoms with Crippen molar-refractivity contribution in [2.45, 2.75) is 38.0 Å². The van der Waals surface area contributed by atoms with Gasteiger partial charge in [0.2, 0.25) is 0 Å². The lowest BCUT2D eigenvalue weighted by Gasteiger charge is -2.44. The number of ketones is 1. The van der Waals surface area contributed by atoms with E-state index in [1.165, 1.54) is 5.56 Å². The number of nitrogens with zero attached hydrogens (tertiary/aromatic N) is 2. The second-order valence-electron chi connectivity index (χ2n) is 8.91. The summed E-state index contributed by atoms with van der Waals surface area (Å²) in [5.41, 5.74) is 2.01. The fraction of sp³-hybridized carbons (Fsp3) is 0.500. The SMILES string of the molecule is COc1ccc(CN2CC[C@H](O)[C@@H](N3CCC(C(=O)c4ccc(OC)cc4)CC3)C2)cc1. The third-order valence-electron chi connectivity index (χ3n) is 6.94. The second kappa shape index (κ2) is 10.5. The van der Waals surface area contributed by atoms with Gasteiger partial charge in [-0.1, -0.05) is 12.1 Å². The van der Waals surface area contributed by atoms with E-state index in [-0.39, 0.29) is 23.8 Å². The molecule has 0 unspecified atom stereocenters. The maximum Gasteiger partial charge on any atom is 0.166 e. The highest BCUT2D eigenvalue weighted by Crippen LogP contribution is 2.27. The Hall–Kier alpha value is -2.41. The van der Waals surface area contributed by atoms with Gasteiger partial charge in [-0.3, -0.25) is 14.6 Å². The van der Waals surface area contributed by atoms with Crippen molar-refractivity contribution >= 4 is 5.78 Å². The van der Waals surface area contributed by atoms with Crippen LogP contribution in [0.4, 0.5) is 0 Å². The van der Waals surface area contributed by atoms with Gasteiger partial charge in [0, 0.05) is 37.2 Å². The van der Waals surface area contributed by atoms with Crippen molar-refractivity contribution in [2.75, 3.05) is 40.4 Å². The molecule has 2 saturated heterocycles. The number of hydrogen-bond donors (Lipinski definition) is 1. The molecule has 2 fully saturated rings. The van der Waals surface area contributed by atoms with Crippen LogP contribution in [0.2, 0.25) is 0 Å². The summed E-state index contributed by atoms with van der Waals surface area (Å²) in [6.45, 7) is 4.33. The van der Waals surface area contributed by atoms with Crippen LogP contribution in [0, 0.1) is 5.92 Å². The molecule has 32 heavy (non-hydrogen) atoms. The van der Waals surface area contributed by atoms with Crippen molar-refractivity contribution in [3.05, 3.63) is 59.7 Å². The lowest BCUT2D eigenvalue weighted by Crippen LogP contribution is -2.56. The van der Waals surface area contributed by atoms with E-state index in [4.69, 9.17) is 9.47 Å². The molecule has 2 aromatic carbocycles. The fourth-order valence-electron chi connectivity index (χ4n) is 4.96. The average molecular weight is 439 g/mol. The Morgan fingerprint density at radius 2 is 1.50 bits per heavy atom. The first-order valence-electron chi connectivity index (χ1n) is 11.5. The summed E-state index contributed by atoms with van der Waals surface area (Å²) in [7, 11) is 3.31. The van der Waals surface area contributed by atoms with Crippen molar-refractivity contribution in [1.82, 2.24) is 9.80 Å². The quantitative estimate of drug-likeness (QED) is 0.670. The number of likely N-dealkylation sites (tertiary alicyclic amines) is 2. The lowest BCUT2D eigenvalue weighted by molar-refractivity contribution is -0.0243. The zero-order valence-electron chi connectivity index (χ0n) is 19.1. The molecule has 1 N–H and O–H groups in total. The standard InChI is InChI=1S/C26H34N2O4/c1-31-22-7-3-19(4-8-22)17-27-14-13-25(29)24(18-27)28-15-11-21(12-16-28)26(30)20-5-9-23(32-2)10-6-20/h3-10,21,24-25,29H,11-18H2,1-2H3/t24-,25-/m0/s1. The van der Waals surface area contributed by atoms with E-state index >= 15 is 0 Å². The van der Waals surface area contributed by atoms with E-state index < -0.39 is 0 Å². The van der Waals surface area contributed by atoms with Crippen molar-refractivity contribution < 1.29 is 19.4 Å². The van der Waals surface area contributed by atoms with Gasteiger partial charge in [0.15, 0.2) is 5.78 Å². The molecule has 2 aliphatic heterocycles. The smallest absolute Gasteiger partial charge is 0.166 e. The van der Waals surface area contributed by atoms with Gasteiger partial charge >= 0.3 is 0 Å². The van der Waals surface area contributed by atoms with E-state index in [1.54, 1.807) is 14.2 Å². The molecular formula is C26H34N2O4. The topological polar surface area (TPSA) is 62.2 Å². The minimum absolute atomic E-state index is 0.0516. The molecular weight excluding hydrogens is 404 g/mol. The molecule has 6 heteroatoms. The molecule has 6 nitrogen and oxygen atoms in total. The highest BCUT2D eigenvalue weighted by molar-refractivity contribution is 5.98. The summed E-state index contributed by atoms with van der Waals surface area (Å²) in [6, 6.07) is 15.7. The highest BCUT2D eigenvalue weighted by atomic mass is 16.5. The normalized spacial score (nSPS) is 23.1. The van der Waals surface area contributed by atoms with Crippen LogP contribution in [-0.2, 0) is 6.54 Å². The highest BCUT2D eigenvalue weighted by Gasteiger charge is 2.35. The van der Waals surface area contributed by atoms with Gasteiger partial charge < -0.3 is 14.6 Å². The van der Waals surface area contributed by atoms with E-state index in [9.17, 15) is 9.90 Å². The molecule has 0 aromatic heterocycles. The predicted molar refractivity (Wildman–Crippen MR) is 124 cm³/mol. The summed E-state index contributed by atoms with van der Waals surface area (Å²) in [5.74, 6) is 1.91. The Morgan fingerprint density at radius 1 is 0.906 bits per heavy atom. The number of rotatable bonds is 7. The summed E-state index contributed by atoms with van der Waals surface area (Å²) < 4.78 is 10.4. The Kier molecular flexibility index (Phi) is 7.45. The van der Waals surface area contributed by atoms with Crippen molar-refractivity contribution in [1.29, 1.82) is 0 Å². The van der Waals surface area contributed by atoms with E-state index in [2.05, 4.69) is 21.9 Å². The van der Waals surface area contributed by atoms with Crippen LogP contribution < -0.4 is 9.47 Å². The zero-order valence-corrected chi connectivity index (χ0v) is 19.1. The Bertz CT molecular complexity index is 876. The van der Waals surface area contributed by atoms with E-state index in [1.807, 2.05) is 36.4 Å². The van der Waals surface area contributed by atoms with E-state index in [0.29, 0.717) is 0 Å². The molecule has 0 saturated carbocycles. The number of Topliss-reactive ketones (excluding diaryl/α,β-unsaturated/α-hetero) is 1. The number of piperidine rings is 2. The van der Waals surface area contributed by atoms with E-state index in [0.717, 1.165) is 69.0 Å². The van der Waals surface area contributed by atoms with Crippen LogP contribution in [0.1, 0.15) is 35.2 Å². The molecule has 4 rings (SSSR count). The molecule has 2 heterocycles. The number of ether oxygens (including phenoxy) is 2. The molecule has 0 aliphatic carbocycles. The number of aliphatic hydroxyl groups excluding tert-OH is 1. The Balaban J connectivity index is 1.31. The number of aliphatic hydroxyl groups is 1. The summed E-state index contributed by atoms with van der Waals surface area (Å²) in [4.78, 5) is 17.7. The molecule has 0 amide bonds. The first-order valence-corrected chi connectivity index (χ1v) is 11.5. The van der Waals surface area contributed by atoms with Gasteiger partial charge in [0.25, 0.3) is 0 Å². The number of carbonyl (C=O) groups is 1. The third-order valence-corrected chi connectivity index (χ3v) is 6.94. The van der Waals surface area contributed by atoms with Crippen LogP contribution in [0.25, 0.3) is 0 Å². The number of carbonyl (C=O) groups excluding carboxylic acids is 1. The Labute approximate surface area is 190 Å². The van der Waals surface area contributed by atoms with Gasteiger partial charge in [-0.15, -0.1) is 0 Å². The van der Waals surface area contributed by atoms with Crippen LogP contribution >= 0.6 is 0 Å². The average Bonchev–Trinajstić information content (AvgIpc) is 2.85. The Morgan fingerprint density at radius 3 is 2.09 bits per heavy atom. The van der Waals surface area contributed by atoms with Crippen LogP contribution in [0.5, 0.6) is 11.5 Å². The summed E-state index contributed by atoms with van der Waals surface area (Å²) in [6.07, 6.45) is 2.15. The van der Waals surface area contributed by atoms with Crippen molar-refractivity contribution in [2.24, 2.45) is 5.92 Å². The molecule has 2 atom stereocenters. The largest absolute Gasteiger partial charge is 0.497 e. The zero-order chi connectivity index (χ0) is 22.5. The van der Waals surface area contributed by atoms with Crippen LogP contribution in [0.15, 0.2) is 48.5 Å². The molecule has 2 aromatic rings. The number of hydrogen-bond acceptors (Lipinski definition) is 6. The van der Waals surface area contributed by atoms with Gasteiger partial charge in [-0.05, 0) is 74.3 Å². The minimum atomic E-state index is -0.309. The first kappa shape index (κ1) is 22.8. The first-order chi connectivity index (χ1) is 15.6. The summed E-state index contributed by atoms with van der Waals surface area (Å²) in [5, 5.41) is 10.7. The van der Waals surface area contributed by atoms with Gasteiger partial charge in [-0.25, -0.2) is 0 Å². The van der Waals surface area contributed by atoms with Gasteiger partial charge in [0.1, 0.15) is 11.5 Å². The summed E-state index contributed by atoms with van der Waals surface area (Å²) >= 11 is 0. The number of benzene rings is 2. The van der Waals surface area contributed by atoms with Gasteiger partial charge in [0.05, 0.1) is 20.3 Å². The second-order valence-corrected chi connectivity index (χ2v) is 8.91. The minimum Gasteiger partial charge on any atom is -0.497 e. The molecule has 0 spiro atoms. The maximum absolute atomic E-state index is 12.9. The third kappa shape index (κ3) is 5.31. The lowest BCUT2D eigenvalue weighted by atomic mass is 9.87. The van der Waals surface area contributed by atoms with Crippen LogP contribution in [-0.4, -0.2) is 73.2 Å². The van der Waals surface area contributed by atoms with Crippen molar-refractivity contribution in [3.8, 4) is 11.5 Å². The van der Waals surface area contributed by atoms with Gasteiger partial charge in [-0.2, -0.15) is 0 Å². The maximum atomic E-state index is 12.9. The number of methoxy groups -OCH3 is 2. The van der Waals surface area contributed by atoms with Crippen molar-refractivity contribution in [3.63, 3.8) is 0 Å². The molecule has 0 bridgehead atoms. The van der Waals surface area contributed by atoms with Crippen LogP contribution in [0.3, 0.4) is 0 Å². The fourth-order valence-corrected chi connectivity index (χ4v) is 4.96. The molecule has 0 radical (unpaired) electrons.